The van der Waals surface area contributed by atoms with Gasteiger partial charge in [0.1, 0.15) is 5.60 Å². The molecule has 1 N–H and O–H groups in total. The van der Waals surface area contributed by atoms with Gasteiger partial charge in [-0.05, 0) is 20.3 Å². The third-order valence-electron chi connectivity index (χ3n) is 2.59. The number of halogens is 1. The van der Waals surface area contributed by atoms with Crippen LogP contribution in [0.2, 0.25) is 0 Å². The van der Waals surface area contributed by atoms with Crippen LogP contribution in [0, 0.1) is 28.1 Å². The maximum Gasteiger partial charge on any atom is 0.167 e. The molecule has 6 heteroatoms. The van der Waals surface area contributed by atoms with Crippen LogP contribution >= 0.6 is 11.6 Å². The summed E-state index contributed by atoms with van der Waals surface area (Å²) in [6.45, 7) is 3.13. The fraction of sp³-hybridized carbons (Fsp3) is 0.583. The summed E-state index contributed by atoms with van der Waals surface area (Å²) in [6, 6.07) is 5.50. The van der Waals surface area contributed by atoms with E-state index in [4.69, 9.17) is 26.6 Å². The highest BCUT2D eigenvalue weighted by Gasteiger charge is 2.32. The van der Waals surface area contributed by atoms with Gasteiger partial charge in [-0.25, -0.2) is 0 Å². The Morgan fingerprint density at radius 1 is 1.44 bits per heavy atom. The van der Waals surface area contributed by atoms with Crippen LogP contribution in [-0.4, -0.2) is 16.1 Å². The van der Waals surface area contributed by atoms with Gasteiger partial charge in [0.25, 0.3) is 0 Å². The van der Waals surface area contributed by atoms with Crippen molar-refractivity contribution in [2.24, 2.45) is 5.41 Å². The number of hydrogen-bond donors (Lipinski definition) is 1. The van der Waals surface area contributed by atoms with Crippen LogP contribution in [0.25, 0.3) is 0 Å². The predicted octanol–water partition coefficient (Wildman–Crippen LogP) is 2.11. The Labute approximate surface area is 111 Å². The molecule has 0 aliphatic carbocycles. The second-order valence-corrected chi connectivity index (χ2v) is 5.04. The lowest BCUT2D eigenvalue weighted by atomic mass is 9.83. The highest BCUT2D eigenvalue weighted by molar-refractivity contribution is 6.17. The van der Waals surface area contributed by atoms with Crippen LogP contribution in [0.5, 0.6) is 0 Å². The van der Waals surface area contributed by atoms with Crippen LogP contribution in [-0.2, 0) is 12.0 Å². The van der Waals surface area contributed by atoms with Gasteiger partial charge >= 0.3 is 0 Å². The van der Waals surface area contributed by atoms with Crippen LogP contribution in [0.3, 0.4) is 0 Å². The number of alkyl halides is 1. The molecule has 1 rings (SSSR count). The molecule has 0 unspecified atom stereocenters. The minimum atomic E-state index is -1.20. The van der Waals surface area contributed by atoms with Crippen LogP contribution in [0.15, 0.2) is 10.6 Å². The van der Waals surface area contributed by atoms with Crippen molar-refractivity contribution in [3.05, 3.63) is 17.5 Å². The monoisotopic (exact) mass is 267 g/mol. The van der Waals surface area contributed by atoms with Gasteiger partial charge in [-0.3, -0.25) is 0 Å². The van der Waals surface area contributed by atoms with Crippen molar-refractivity contribution in [1.82, 2.24) is 5.16 Å². The van der Waals surface area contributed by atoms with Gasteiger partial charge in [0.05, 0.1) is 17.8 Å². The van der Waals surface area contributed by atoms with E-state index >= 15 is 0 Å². The van der Waals surface area contributed by atoms with E-state index in [1.165, 1.54) is 0 Å². The van der Waals surface area contributed by atoms with Crippen molar-refractivity contribution in [3.63, 3.8) is 0 Å². The Morgan fingerprint density at radius 2 is 2.06 bits per heavy atom. The molecule has 0 spiro atoms. The number of nitriles is 2. The van der Waals surface area contributed by atoms with Crippen molar-refractivity contribution in [1.29, 1.82) is 10.5 Å². The highest BCUT2D eigenvalue weighted by Crippen LogP contribution is 2.28. The molecule has 0 bridgehead atoms. The van der Waals surface area contributed by atoms with E-state index in [1.807, 2.05) is 12.1 Å². The number of nitrogens with zero attached hydrogens (tertiary/aromatic N) is 3. The first kappa shape index (κ1) is 14.5. The average Bonchev–Trinajstić information content (AvgIpc) is 2.76. The van der Waals surface area contributed by atoms with Crippen molar-refractivity contribution in [3.8, 4) is 12.1 Å². The van der Waals surface area contributed by atoms with Crippen molar-refractivity contribution < 1.29 is 9.63 Å². The third-order valence-corrected chi connectivity index (χ3v) is 2.78. The minimum Gasteiger partial charge on any atom is -0.382 e. The molecule has 0 fully saturated rings. The van der Waals surface area contributed by atoms with Gasteiger partial charge in [0.15, 0.2) is 11.2 Å². The molecule has 18 heavy (non-hydrogen) atoms. The van der Waals surface area contributed by atoms with E-state index in [2.05, 4.69) is 5.16 Å². The summed E-state index contributed by atoms with van der Waals surface area (Å²) >= 11 is 5.60. The highest BCUT2D eigenvalue weighted by atomic mass is 35.5. The Hall–Kier alpha value is -1.56. The summed E-state index contributed by atoms with van der Waals surface area (Å²) in [7, 11) is 0. The number of hydrogen-bond acceptors (Lipinski definition) is 5. The molecule has 0 amide bonds. The molecule has 5 nitrogen and oxygen atoms in total. The lowest BCUT2D eigenvalue weighted by molar-refractivity contribution is 0.0474. The van der Waals surface area contributed by atoms with E-state index in [9.17, 15) is 5.11 Å². The molecule has 0 saturated carbocycles. The topological polar surface area (TPSA) is 93.8 Å². The van der Waals surface area contributed by atoms with E-state index in [0.29, 0.717) is 11.5 Å². The van der Waals surface area contributed by atoms with Crippen LogP contribution in [0.1, 0.15) is 31.7 Å². The standard InChI is InChI=1S/C12H14ClN3O2/c1-11(2,17)10-5-9(16-18-10)6-12(7-14,8-15)3-4-13/h5,17H,3-4,6H2,1-2H3. The Balaban J connectivity index is 2.94. The number of aromatic nitrogens is 1. The first-order valence-electron chi connectivity index (χ1n) is 5.44. The summed E-state index contributed by atoms with van der Waals surface area (Å²) in [5.74, 6) is 0.519. The smallest absolute Gasteiger partial charge is 0.167 e. The Bertz CT molecular complexity index is 477. The SMILES string of the molecule is CC(C)(O)c1cc(CC(C#N)(C#N)CCCl)no1. The summed E-state index contributed by atoms with van der Waals surface area (Å²) in [6.07, 6.45) is 0.387. The summed E-state index contributed by atoms with van der Waals surface area (Å²) in [5.41, 5.74) is -1.88. The molecule has 96 valence electrons. The average molecular weight is 268 g/mol. The summed E-state index contributed by atoms with van der Waals surface area (Å²) < 4.78 is 4.99. The van der Waals surface area contributed by atoms with Gasteiger partial charge in [-0.1, -0.05) is 5.16 Å². The van der Waals surface area contributed by atoms with Crippen LogP contribution < -0.4 is 0 Å². The second-order valence-electron chi connectivity index (χ2n) is 4.66. The minimum absolute atomic E-state index is 0.131. The predicted molar refractivity (Wildman–Crippen MR) is 64.4 cm³/mol. The van der Waals surface area contributed by atoms with Gasteiger partial charge in [-0.15, -0.1) is 11.6 Å². The summed E-state index contributed by atoms with van der Waals surface area (Å²) in [5, 5.41) is 31.7. The van der Waals surface area contributed by atoms with Crippen molar-refractivity contribution in [2.75, 3.05) is 5.88 Å². The largest absolute Gasteiger partial charge is 0.382 e. The zero-order chi connectivity index (χ0) is 13.8. The lowest BCUT2D eigenvalue weighted by Crippen LogP contribution is -2.20. The number of aliphatic hydroxyl groups is 1. The molecule has 0 aliphatic heterocycles. The second kappa shape index (κ2) is 5.39. The van der Waals surface area contributed by atoms with Gasteiger partial charge in [0.2, 0.25) is 0 Å². The molecule has 0 radical (unpaired) electrons. The fourth-order valence-corrected chi connectivity index (χ4v) is 1.78. The van der Waals surface area contributed by atoms with E-state index < -0.39 is 11.0 Å². The quantitative estimate of drug-likeness (QED) is 0.825. The van der Waals surface area contributed by atoms with E-state index in [0.717, 1.165) is 0 Å². The number of rotatable bonds is 5. The van der Waals surface area contributed by atoms with Gasteiger partial charge < -0.3 is 9.63 Å². The normalized spacial score (nSPS) is 11.9. The fourth-order valence-electron chi connectivity index (χ4n) is 1.46. The van der Waals surface area contributed by atoms with Gasteiger partial charge in [0, 0.05) is 18.4 Å². The molecule has 0 atom stereocenters. The van der Waals surface area contributed by atoms with Gasteiger partial charge in [-0.2, -0.15) is 10.5 Å². The molecule has 0 saturated heterocycles. The Morgan fingerprint density at radius 3 is 2.44 bits per heavy atom. The molecular formula is C12H14ClN3O2. The third kappa shape index (κ3) is 3.22. The lowest BCUT2D eigenvalue weighted by Gasteiger charge is -2.14. The zero-order valence-corrected chi connectivity index (χ0v) is 11.0. The zero-order valence-electron chi connectivity index (χ0n) is 10.3. The molecule has 1 aromatic rings. The molecule has 0 aromatic carbocycles. The van der Waals surface area contributed by atoms with E-state index in [1.54, 1.807) is 19.9 Å². The summed E-state index contributed by atoms with van der Waals surface area (Å²) in [4.78, 5) is 0. The van der Waals surface area contributed by atoms with Crippen molar-refractivity contribution >= 4 is 11.6 Å². The first-order valence-corrected chi connectivity index (χ1v) is 5.97. The first-order chi connectivity index (χ1) is 8.37. The molecule has 1 aromatic heterocycles. The molecule has 1 heterocycles. The molecule has 0 aliphatic rings. The Kier molecular flexibility index (Phi) is 4.34. The maximum atomic E-state index is 9.73. The van der Waals surface area contributed by atoms with E-state index in [-0.39, 0.29) is 18.7 Å². The van der Waals surface area contributed by atoms with Crippen molar-refractivity contribution in [2.45, 2.75) is 32.3 Å². The maximum absolute atomic E-state index is 9.73. The molecular weight excluding hydrogens is 254 g/mol. The van der Waals surface area contributed by atoms with Crippen LogP contribution in [0.4, 0.5) is 0 Å².